The summed E-state index contributed by atoms with van der Waals surface area (Å²) in [5.74, 6) is 2.39. The largest absolute Gasteiger partial charge is 0.480 e. The van der Waals surface area contributed by atoms with E-state index in [1.54, 1.807) is 0 Å². The summed E-state index contributed by atoms with van der Waals surface area (Å²) in [6, 6.07) is 8.10. The predicted octanol–water partition coefficient (Wildman–Crippen LogP) is 4.48. The molecule has 0 spiro atoms. The lowest BCUT2D eigenvalue weighted by atomic mass is 9.77. The van der Waals surface area contributed by atoms with Crippen LogP contribution in [0.1, 0.15) is 75.8 Å². The molecule has 2 N–H and O–H groups in total. The van der Waals surface area contributed by atoms with Crippen molar-refractivity contribution in [3.8, 4) is 5.75 Å². The monoisotopic (exact) mass is 351 g/mol. The summed E-state index contributed by atoms with van der Waals surface area (Å²) in [5, 5.41) is 4.09. The molecule has 1 atom stereocenters. The Morgan fingerprint density at radius 1 is 1.29 bits per heavy atom. The van der Waals surface area contributed by atoms with Crippen molar-refractivity contribution in [1.29, 1.82) is 0 Å². The number of benzene rings is 1. The van der Waals surface area contributed by atoms with Crippen LogP contribution >= 0.6 is 12.4 Å². The zero-order valence-electron chi connectivity index (χ0n) is 14.5. The molecule has 1 fully saturated rings. The SMILES string of the molecule is CCC(Oc1ccccc1C(C)C)c1nc(C2(N)CCC2)no1.Cl. The van der Waals surface area contributed by atoms with E-state index in [9.17, 15) is 0 Å². The first-order valence-corrected chi connectivity index (χ1v) is 8.42. The number of hydrogen-bond donors (Lipinski definition) is 1. The molecule has 0 saturated heterocycles. The van der Waals surface area contributed by atoms with Crippen LogP contribution in [0.15, 0.2) is 28.8 Å². The maximum atomic E-state index is 6.27. The lowest BCUT2D eigenvalue weighted by molar-refractivity contribution is 0.152. The molecule has 0 radical (unpaired) electrons. The van der Waals surface area contributed by atoms with Crippen molar-refractivity contribution in [2.45, 2.75) is 64.0 Å². The van der Waals surface area contributed by atoms with E-state index >= 15 is 0 Å². The second kappa shape index (κ2) is 7.53. The topological polar surface area (TPSA) is 74.2 Å². The van der Waals surface area contributed by atoms with E-state index < -0.39 is 5.54 Å². The van der Waals surface area contributed by atoms with E-state index in [1.807, 2.05) is 25.1 Å². The molecule has 0 amide bonds. The van der Waals surface area contributed by atoms with Crippen LogP contribution in [0.2, 0.25) is 0 Å². The highest BCUT2D eigenvalue weighted by Gasteiger charge is 2.39. The van der Waals surface area contributed by atoms with Crippen LogP contribution in [-0.4, -0.2) is 10.1 Å². The molecular formula is C18H26ClN3O2. The summed E-state index contributed by atoms with van der Waals surface area (Å²) in [7, 11) is 0. The number of hydrogen-bond acceptors (Lipinski definition) is 5. The van der Waals surface area contributed by atoms with E-state index in [-0.39, 0.29) is 18.5 Å². The van der Waals surface area contributed by atoms with Gasteiger partial charge in [-0.15, -0.1) is 12.4 Å². The second-order valence-electron chi connectivity index (χ2n) is 6.67. The van der Waals surface area contributed by atoms with Crippen molar-refractivity contribution < 1.29 is 9.26 Å². The van der Waals surface area contributed by atoms with E-state index in [1.165, 1.54) is 5.56 Å². The Morgan fingerprint density at radius 2 is 2.00 bits per heavy atom. The first-order chi connectivity index (χ1) is 11.0. The number of nitrogens with zero attached hydrogens (tertiary/aromatic N) is 2. The van der Waals surface area contributed by atoms with Crippen LogP contribution in [0.4, 0.5) is 0 Å². The number of rotatable bonds is 6. The van der Waals surface area contributed by atoms with Gasteiger partial charge >= 0.3 is 0 Å². The van der Waals surface area contributed by atoms with Gasteiger partial charge < -0.3 is 15.0 Å². The molecule has 1 unspecified atom stereocenters. The lowest BCUT2D eigenvalue weighted by Gasteiger charge is -2.34. The van der Waals surface area contributed by atoms with E-state index in [2.05, 4.69) is 30.1 Å². The average molecular weight is 352 g/mol. The van der Waals surface area contributed by atoms with Crippen molar-refractivity contribution in [3.05, 3.63) is 41.5 Å². The molecular weight excluding hydrogens is 326 g/mol. The standard InChI is InChI=1S/C18H25N3O2.ClH/c1-4-14(22-15-9-6-5-8-13(15)12(2)3)16-20-17(21-23-16)18(19)10-7-11-18;/h5-6,8-9,12,14H,4,7,10-11,19H2,1-3H3;1H. The summed E-state index contributed by atoms with van der Waals surface area (Å²) in [6.45, 7) is 6.36. The van der Waals surface area contributed by atoms with Crippen molar-refractivity contribution in [1.82, 2.24) is 10.1 Å². The van der Waals surface area contributed by atoms with Crippen LogP contribution in [-0.2, 0) is 5.54 Å². The summed E-state index contributed by atoms with van der Waals surface area (Å²) in [4.78, 5) is 4.52. The number of para-hydroxylation sites is 1. The Hall–Kier alpha value is -1.59. The van der Waals surface area contributed by atoms with Crippen molar-refractivity contribution in [2.24, 2.45) is 5.73 Å². The molecule has 1 saturated carbocycles. The zero-order valence-corrected chi connectivity index (χ0v) is 15.3. The molecule has 0 aliphatic heterocycles. The molecule has 1 aliphatic rings. The summed E-state index contributed by atoms with van der Waals surface area (Å²) < 4.78 is 11.6. The third-order valence-electron chi connectivity index (χ3n) is 4.59. The molecule has 24 heavy (non-hydrogen) atoms. The fraction of sp³-hybridized carbons (Fsp3) is 0.556. The Bertz CT molecular complexity index is 668. The average Bonchev–Trinajstić information content (AvgIpc) is 3.00. The number of aromatic nitrogens is 2. The zero-order chi connectivity index (χ0) is 16.4. The van der Waals surface area contributed by atoms with Crippen molar-refractivity contribution in [3.63, 3.8) is 0 Å². The van der Waals surface area contributed by atoms with Gasteiger partial charge in [-0.25, -0.2) is 0 Å². The Morgan fingerprint density at radius 3 is 2.58 bits per heavy atom. The predicted molar refractivity (Wildman–Crippen MR) is 95.5 cm³/mol. The van der Waals surface area contributed by atoms with Gasteiger partial charge in [0.1, 0.15) is 5.75 Å². The van der Waals surface area contributed by atoms with Crippen LogP contribution in [0, 0.1) is 0 Å². The maximum Gasteiger partial charge on any atom is 0.267 e. The van der Waals surface area contributed by atoms with Crippen LogP contribution in [0.5, 0.6) is 5.75 Å². The van der Waals surface area contributed by atoms with Crippen molar-refractivity contribution in [2.75, 3.05) is 0 Å². The van der Waals surface area contributed by atoms with Gasteiger partial charge in [-0.1, -0.05) is 44.1 Å². The molecule has 1 aromatic heterocycles. The molecule has 6 heteroatoms. The fourth-order valence-electron chi connectivity index (χ4n) is 2.88. The Kier molecular flexibility index (Phi) is 5.88. The van der Waals surface area contributed by atoms with Crippen LogP contribution < -0.4 is 10.5 Å². The Labute approximate surface area is 149 Å². The quantitative estimate of drug-likeness (QED) is 0.830. The van der Waals surface area contributed by atoms with E-state index in [0.717, 1.165) is 31.4 Å². The van der Waals surface area contributed by atoms with Gasteiger partial charge in [-0.2, -0.15) is 4.98 Å². The highest BCUT2D eigenvalue weighted by molar-refractivity contribution is 5.85. The van der Waals surface area contributed by atoms with Gasteiger partial charge in [0.15, 0.2) is 11.9 Å². The molecule has 1 aromatic carbocycles. The van der Waals surface area contributed by atoms with Gasteiger partial charge in [0.2, 0.25) is 0 Å². The van der Waals surface area contributed by atoms with Gasteiger partial charge in [0, 0.05) is 0 Å². The molecule has 3 rings (SSSR count). The van der Waals surface area contributed by atoms with Gasteiger partial charge in [0.05, 0.1) is 5.54 Å². The first-order valence-electron chi connectivity index (χ1n) is 8.42. The normalized spacial score (nSPS) is 17.0. The molecule has 1 aliphatic carbocycles. The van der Waals surface area contributed by atoms with Gasteiger partial charge in [0.25, 0.3) is 5.89 Å². The minimum Gasteiger partial charge on any atom is -0.480 e. The second-order valence-corrected chi connectivity index (χ2v) is 6.67. The molecule has 5 nitrogen and oxygen atoms in total. The van der Waals surface area contributed by atoms with Gasteiger partial charge in [-0.05, 0) is 43.2 Å². The molecule has 0 bridgehead atoms. The number of halogens is 1. The Balaban J connectivity index is 0.00000208. The van der Waals surface area contributed by atoms with Gasteiger partial charge in [-0.3, -0.25) is 0 Å². The summed E-state index contributed by atoms with van der Waals surface area (Å²) >= 11 is 0. The lowest BCUT2D eigenvalue weighted by Crippen LogP contribution is -2.44. The third-order valence-corrected chi connectivity index (χ3v) is 4.59. The highest BCUT2D eigenvalue weighted by Crippen LogP contribution is 2.38. The maximum absolute atomic E-state index is 6.27. The van der Waals surface area contributed by atoms with E-state index in [4.69, 9.17) is 15.0 Å². The van der Waals surface area contributed by atoms with Crippen molar-refractivity contribution >= 4 is 12.4 Å². The molecule has 2 aromatic rings. The summed E-state index contributed by atoms with van der Waals surface area (Å²) in [6.07, 6.45) is 3.46. The smallest absolute Gasteiger partial charge is 0.267 e. The van der Waals surface area contributed by atoms with Crippen LogP contribution in [0.3, 0.4) is 0 Å². The number of nitrogens with two attached hydrogens (primary N) is 1. The minimum atomic E-state index is -0.407. The number of ether oxygens (including phenoxy) is 1. The third kappa shape index (κ3) is 3.57. The fourth-order valence-corrected chi connectivity index (χ4v) is 2.88. The molecule has 132 valence electrons. The highest BCUT2D eigenvalue weighted by atomic mass is 35.5. The molecule has 1 heterocycles. The summed E-state index contributed by atoms with van der Waals surface area (Å²) in [5.41, 5.74) is 7.04. The van der Waals surface area contributed by atoms with Crippen LogP contribution in [0.25, 0.3) is 0 Å². The first kappa shape index (κ1) is 18.7. The minimum absolute atomic E-state index is 0. The van der Waals surface area contributed by atoms with E-state index in [0.29, 0.717) is 17.6 Å².